The van der Waals surface area contributed by atoms with Gasteiger partial charge in [0.1, 0.15) is 0 Å². The van der Waals surface area contributed by atoms with E-state index < -0.39 is 0 Å². The van der Waals surface area contributed by atoms with Crippen molar-refractivity contribution in [3.05, 3.63) is 169 Å². The summed E-state index contributed by atoms with van der Waals surface area (Å²) in [6.07, 6.45) is 7.03. The molecule has 0 aromatic heterocycles. The molecule has 2 nitrogen and oxygen atoms in total. The Kier molecular flexibility index (Phi) is 8.93. The topological polar surface area (TPSA) is 6.48 Å². The van der Waals surface area contributed by atoms with E-state index in [4.69, 9.17) is 0 Å². The van der Waals surface area contributed by atoms with E-state index in [1.54, 1.807) is 0 Å². The highest BCUT2D eigenvalue weighted by Gasteiger charge is 2.43. The number of benzene rings is 6. The van der Waals surface area contributed by atoms with Crippen molar-refractivity contribution in [2.75, 3.05) is 9.80 Å². The summed E-state index contributed by atoms with van der Waals surface area (Å²) in [5.41, 5.74) is 12.8. The van der Waals surface area contributed by atoms with Crippen LogP contribution in [0.1, 0.15) is 63.5 Å². The molecule has 0 unspecified atom stereocenters. The first kappa shape index (κ1) is 30.6. The molecule has 0 atom stereocenters. The maximum absolute atomic E-state index is 2.52. The molecule has 0 fully saturated rings. The Balaban J connectivity index is 1.42. The first-order chi connectivity index (χ1) is 23.2. The minimum Gasteiger partial charge on any atom is -0.310 e. The van der Waals surface area contributed by atoms with Crippen LogP contribution in [0.3, 0.4) is 0 Å². The van der Waals surface area contributed by atoms with Gasteiger partial charge >= 0.3 is 0 Å². The Labute approximate surface area is 281 Å². The molecule has 0 bridgehead atoms. The van der Waals surface area contributed by atoms with Crippen LogP contribution < -0.4 is 9.80 Å². The molecule has 234 valence electrons. The number of rotatable bonds is 12. The van der Waals surface area contributed by atoms with E-state index in [1.165, 1.54) is 82.1 Å². The Morgan fingerprint density at radius 1 is 0.383 bits per heavy atom. The van der Waals surface area contributed by atoms with Gasteiger partial charge in [0.25, 0.3) is 0 Å². The second kappa shape index (κ2) is 13.7. The smallest absolute Gasteiger partial charge is 0.0465 e. The highest BCUT2D eigenvalue weighted by atomic mass is 15.1. The molecule has 0 radical (unpaired) electrons. The third-order valence-corrected chi connectivity index (χ3v) is 9.82. The van der Waals surface area contributed by atoms with Crippen LogP contribution in [0.15, 0.2) is 158 Å². The predicted molar refractivity (Wildman–Crippen MR) is 201 cm³/mol. The maximum Gasteiger partial charge on any atom is 0.0465 e. The van der Waals surface area contributed by atoms with Gasteiger partial charge in [0.05, 0.1) is 0 Å². The molecule has 1 aliphatic carbocycles. The Bertz CT molecular complexity index is 1680. The SMILES string of the molecule is CCCCC1(CCCC)c2cc(N(c3ccccc3)c3ccccc3)ccc2-c2ccc(N(c3ccccc3)c3ccccc3)cc21. The van der Waals surface area contributed by atoms with Crippen LogP contribution in [0, 0.1) is 0 Å². The monoisotopic (exact) mass is 612 g/mol. The van der Waals surface area contributed by atoms with Crippen LogP contribution in [0.4, 0.5) is 34.1 Å². The molecular formula is C45H44N2. The molecule has 0 amide bonds. The van der Waals surface area contributed by atoms with Crippen molar-refractivity contribution in [1.29, 1.82) is 0 Å². The van der Waals surface area contributed by atoms with Crippen molar-refractivity contribution < 1.29 is 0 Å². The van der Waals surface area contributed by atoms with E-state index in [-0.39, 0.29) is 5.41 Å². The number of unbranched alkanes of at least 4 members (excludes halogenated alkanes) is 2. The zero-order chi connectivity index (χ0) is 32.1. The first-order valence-electron chi connectivity index (χ1n) is 17.3. The van der Waals surface area contributed by atoms with Crippen LogP contribution in [-0.2, 0) is 5.41 Å². The molecule has 6 aromatic carbocycles. The van der Waals surface area contributed by atoms with Crippen molar-refractivity contribution >= 4 is 34.1 Å². The number of nitrogens with zero attached hydrogens (tertiary/aromatic N) is 2. The lowest BCUT2D eigenvalue weighted by Crippen LogP contribution is -2.26. The Hall–Kier alpha value is -5.08. The lowest BCUT2D eigenvalue weighted by molar-refractivity contribution is 0.414. The molecule has 1 aliphatic rings. The molecule has 6 aromatic rings. The van der Waals surface area contributed by atoms with Gasteiger partial charge in [0.15, 0.2) is 0 Å². The van der Waals surface area contributed by atoms with Crippen LogP contribution in [-0.4, -0.2) is 0 Å². The van der Waals surface area contributed by atoms with Crippen molar-refractivity contribution in [1.82, 2.24) is 0 Å². The van der Waals surface area contributed by atoms with Gasteiger partial charge in [-0.3, -0.25) is 0 Å². The molecule has 0 saturated heterocycles. The fraction of sp³-hybridized carbons (Fsp3) is 0.200. The van der Waals surface area contributed by atoms with E-state index in [1.807, 2.05) is 0 Å². The van der Waals surface area contributed by atoms with Gasteiger partial charge in [0, 0.05) is 39.5 Å². The third-order valence-electron chi connectivity index (χ3n) is 9.82. The highest BCUT2D eigenvalue weighted by molar-refractivity contribution is 5.88. The molecule has 0 N–H and O–H groups in total. The van der Waals surface area contributed by atoms with Crippen LogP contribution in [0.25, 0.3) is 11.1 Å². The fourth-order valence-corrected chi connectivity index (χ4v) is 7.57. The van der Waals surface area contributed by atoms with Crippen molar-refractivity contribution in [2.24, 2.45) is 0 Å². The molecule has 0 saturated carbocycles. The van der Waals surface area contributed by atoms with E-state index in [2.05, 4.69) is 181 Å². The molecule has 0 aliphatic heterocycles. The van der Waals surface area contributed by atoms with E-state index in [0.717, 1.165) is 12.8 Å². The molecule has 0 heterocycles. The van der Waals surface area contributed by atoms with Crippen molar-refractivity contribution in [2.45, 2.75) is 57.8 Å². The molecule has 7 rings (SSSR count). The number of anilines is 6. The summed E-state index contributed by atoms with van der Waals surface area (Å²) < 4.78 is 0. The molecule has 47 heavy (non-hydrogen) atoms. The molecule has 0 spiro atoms. The molecule has 2 heteroatoms. The van der Waals surface area contributed by atoms with E-state index in [9.17, 15) is 0 Å². The van der Waals surface area contributed by atoms with Gasteiger partial charge in [-0.1, -0.05) is 124 Å². The summed E-state index contributed by atoms with van der Waals surface area (Å²) in [6.45, 7) is 4.66. The summed E-state index contributed by atoms with van der Waals surface area (Å²) in [5.74, 6) is 0. The maximum atomic E-state index is 2.52. The van der Waals surface area contributed by atoms with E-state index in [0.29, 0.717) is 0 Å². The zero-order valence-electron chi connectivity index (χ0n) is 27.6. The van der Waals surface area contributed by atoms with Gasteiger partial charge < -0.3 is 9.80 Å². The van der Waals surface area contributed by atoms with Crippen LogP contribution >= 0.6 is 0 Å². The number of hydrogen-bond donors (Lipinski definition) is 0. The quantitative estimate of drug-likeness (QED) is 0.136. The summed E-state index contributed by atoms with van der Waals surface area (Å²) >= 11 is 0. The van der Waals surface area contributed by atoms with E-state index >= 15 is 0 Å². The van der Waals surface area contributed by atoms with Crippen LogP contribution in [0.5, 0.6) is 0 Å². The minimum atomic E-state index is -0.0548. The zero-order valence-corrected chi connectivity index (χ0v) is 27.6. The van der Waals surface area contributed by atoms with Gasteiger partial charge in [-0.2, -0.15) is 0 Å². The molecular weight excluding hydrogens is 569 g/mol. The number of fused-ring (bicyclic) bond motifs is 3. The second-order valence-corrected chi connectivity index (χ2v) is 12.8. The van der Waals surface area contributed by atoms with Gasteiger partial charge in [-0.05, 0) is 108 Å². The van der Waals surface area contributed by atoms with Crippen molar-refractivity contribution in [3.8, 4) is 11.1 Å². The van der Waals surface area contributed by atoms with Gasteiger partial charge in [-0.25, -0.2) is 0 Å². The largest absolute Gasteiger partial charge is 0.310 e. The summed E-state index contributed by atoms with van der Waals surface area (Å²) in [7, 11) is 0. The lowest BCUT2D eigenvalue weighted by Gasteiger charge is -2.35. The average Bonchev–Trinajstić information content (AvgIpc) is 3.40. The summed E-state index contributed by atoms with van der Waals surface area (Å²) in [6, 6.07) is 57.6. The third kappa shape index (κ3) is 5.85. The minimum absolute atomic E-state index is 0.0548. The van der Waals surface area contributed by atoms with Gasteiger partial charge in [-0.15, -0.1) is 0 Å². The van der Waals surface area contributed by atoms with Gasteiger partial charge in [0.2, 0.25) is 0 Å². The van der Waals surface area contributed by atoms with Crippen LogP contribution in [0.2, 0.25) is 0 Å². The summed E-state index contributed by atoms with van der Waals surface area (Å²) in [4.78, 5) is 4.82. The number of hydrogen-bond acceptors (Lipinski definition) is 2. The van der Waals surface area contributed by atoms with Crippen molar-refractivity contribution in [3.63, 3.8) is 0 Å². The predicted octanol–water partition coefficient (Wildman–Crippen LogP) is 13.3. The standard InChI is InChI=1S/C45H44N2/c1-3-5-31-45(32-6-4-2)43-33-39(46(35-19-11-7-12-20-35)36-21-13-8-14-22-36)27-29-41(43)42-30-28-40(34-44(42)45)47(37-23-15-9-16-24-37)38-25-17-10-18-26-38/h7-30,33-34H,3-6,31-32H2,1-2H3. The first-order valence-corrected chi connectivity index (χ1v) is 17.3. The average molecular weight is 613 g/mol. The number of para-hydroxylation sites is 4. The second-order valence-electron chi connectivity index (χ2n) is 12.8. The Morgan fingerprint density at radius 3 is 1.00 bits per heavy atom. The highest BCUT2D eigenvalue weighted by Crippen LogP contribution is 2.56. The lowest BCUT2D eigenvalue weighted by atomic mass is 9.70. The Morgan fingerprint density at radius 2 is 0.702 bits per heavy atom. The fourth-order valence-electron chi connectivity index (χ4n) is 7.57. The summed E-state index contributed by atoms with van der Waals surface area (Å²) in [5, 5.41) is 0. The normalized spacial score (nSPS) is 12.7.